The Morgan fingerprint density at radius 1 is 0.259 bits per heavy atom. The number of hydrogen-bond donors (Lipinski definition) is 0. The lowest BCUT2D eigenvalue weighted by Crippen LogP contribution is -2.28. The van der Waals surface area contributed by atoms with Gasteiger partial charge >= 0.3 is 32.5 Å². The summed E-state index contributed by atoms with van der Waals surface area (Å²) in [7, 11) is 0. The summed E-state index contributed by atoms with van der Waals surface area (Å²) < 4.78 is 21.6. The van der Waals surface area contributed by atoms with Crippen molar-refractivity contribution in [3.05, 3.63) is 537 Å². The number of hydrogen-bond acceptors (Lipinski definition) is 9. The van der Waals surface area contributed by atoms with Gasteiger partial charge in [-0.3, -0.25) is 0 Å². The van der Waals surface area contributed by atoms with Crippen LogP contribution in [0.5, 0.6) is 17.2 Å². The number of benzene rings is 19. The highest BCUT2D eigenvalue weighted by Gasteiger charge is 2.46. The van der Waals surface area contributed by atoms with E-state index in [2.05, 4.69) is 388 Å². The molecule has 658 valence electrons. The Hall–Kier alpha value is -17.1. The Kier molecular flexibility index (Phi) is 24.7. The Bertz CT molecular complexity index is 8350. The van der Waals surface area contributed by atoms with E-state index >= 15 is 0 Å². The van der Waals surface area contributed by atoms with Gasteiger partial charge in [-0.25, -0.2) is 24.9 Å². The Morgan fingerprint density at radius 2 is 0.626 bits per heavy atom. The van der Waals surface area contributed by atoms with Crippen LogP contribution in [0.4, 0.5) is 17.1 Å². The maximum Gasteiger partial charge on any atom is 0.881 e. The van der Waals surface area contributed by atoms with Crippen molar-refractivity contribution >= 4 is 115 Å². The topological polar surface area (TPSA) is 105 Å². The Morgan fingerprint density at radius 3 is 1.13 bits per heavy atom. The van der Waals surface area contributed by atoms with E-state index in [0.29, 0.717) is 17.5 Å². The zero-order valence-corrected chi connectivity index (χ0v) is 79.1. The average Bonchev–Trinajstić information content (AvgIpc) is 1.54. The molecule has 0 fully saturated rings. The Balaban J connectivity index is 0.000000123. The number of rotatable bonds is 18. The fourth-order valence-electron chi connectivity index (χ4n) is 19.3. The molecule has 0 saturated heterocycles. The van der Waals surface area contributed by atoms with Crippen molar-refractivity contribution in [2.75, 3.05) is 4.90 Å². The van der Waals surface area contributed by atoms with Gasteiger partial charge in [-0.1, -0.05) is 364 Å². The molecule has 0 saturated carbocycles. The predicted octanol–water partition coefficient (Wildman–Crippen LogP) is 30.9. The molecule has 139 heavy (non-hydrogen) atoms. The molecule has 11 nitrogen and oxygen atoms in total. The standard InChI is InChI=1S/C61H42N2.C33H22N4.C12H10O.2C10H9NO.2Al.H/c1-5-17-43(18-6-1)44-29-34-50(35-30-44)62(51-36-31-45(32-37-51)46-33-40-60-56(41-46)55-26-14-16-28-59(55)63(60)49-23-11-4-12-24-49)52-38-39-54-53-25-13-15-27-57(53)61(58(54)42-52,47-19-7-2-8-20-47)48-21-9-3-10-22-48;1-3-11-23(12-4-1)31-34-32(24-13-5-2-6-14-24)36-33(35-31)25-19-21-26(22-20-25)37-29-17-9-7-15-27(29)28-16-8-10-18-30(28)37;13-12-8-6-11(7-9-12)10-4-2-1-3-5-10;2*1-7-5-6-8-3-2-4-9(12)10(8)11-7;;;/h1-42H;1-22H;1-9,13H;2*2-6,12H,1H3;;;/q;;;;;+1;+2;/p-3. The van der Waals surface area contributed by atoms with Crippen LogP contribution in [0.15, 0.2) is 504 Å². The van der Waals surface area contributed by atoms with E-state index in [1.807, 2.05) is 153 Å². The third-order valence-electron chi connectivity index (χ3n) is 25.9. The zero-order valence-electron chi connectivity index (χ0n) is 76.5. The van der Waals surface area contributed by atoms with Crippen molar-refractivity contribution in [1.82, 2.24) is 34.1 Å². The van der Waals surface area contributed by atoms with E-state index in [4.69, 9.17) is 26.3 Å². The lowest BCUT2D eigenvalue weighted by atomic mass is 9.67. The van der Waals surface area contributed by atoms with E-state index in [0.717, 1.165) is 95.6 Å². The molecule has 1 aliphatic rings. The summed E-state index contributed by atoms with van der Waals surface area (Å²) in [5.74, 6) is 4.40. The molecule has 24 aromatic rings. The molecule has 2 radical (unpaired) electrons. The zero-order chi connectivity index (χ0) is 93.4. The first kappa shape index (κ1) is 87.2. The minimum absolute atomic E-state index is 0.501. The van der Waals surface area contributed by atoms with Crippen molar-refractivity contribution in [2.24, 2.45) is 0 Å². The third kappa shape index (κ3) is 17.7. The van der Waals surface area contributed by atoms with Crippen LogP contribution in [0, 0.1) is 13.8 Å². The van der Waals surface area contributed by atoms with E-state index in [-0.39, 0.29) is 0 Å². The summed E-state index contributed by atoms with van der Waals surface area (Å²) in [6.45, 7) is 3.96. The van der Waals surface area contributed by atoms with Gasteiger partial charge in [0.1, 0.15) is 22.5 Å². The maximum atomic E-state index is 5.89. The van der Waals surface area contributed by atoms with Crippen LogP contribution < -0.4 is 16.3 Å². The highest BCUT2D eigenvalue weighted by atomic mass is 27.2. The maximum absolute atomic E-state index is 5.89. The van der Waals surface area contributed by atoms with E-state index in [1.165, 1.54) is 127 Å². The monoisotopic (exact) mass is 1820 g/mol. The van der Waals surface area contributed by atoms with Crippen LogP contribution in [0.3, 0.4) is 0 Å². The van der Waals surface area contributed by atoms with Crippen LogP contribution >= 0.6 is 0 Å². The van der Waals surface area contributed by atoms with Gasteiger partial charge in [-0.15, -0.1) is 0 Å². The second-order valence-electron chi connectivity index (χ2n) is 34.4. The highest BCUT2D eigenvalue weighted by Crippen LogP contribution is 2.58. The minimum atomic E-state index is -0.665. The molecular weight excluding hydrogens is 1730 g/mol. The number of para-hydroxylation sites is 6. The third-order valence-corrected chi connectivity index (χ3v) is 26.9. The molecule has 0 bridgehead atoms. The normalized spacial score (nSPS) is 11.6. The summed E-state index contributed by atoms with van der Waals surface area (Å²) in [5.41, 5.74) is 31.3. The van der Waals surface area contributed by atoms with Crippen LogP contribution in [-0.4, -0.2) is 66.6 Å². The Labute approximate surface area is 822 Å². The van der Waals surface area contributed by atoms with E-state index in [1.54, 1.807) is 0 Å². The van der Waals surface area contributed by atoms with Gasteiger partial charge in [0.05, 0.1) is 33.2 Å². The molecule has 5 heterocycles. The fourth-order valence-corrected chi connectivity index (χ4v) is 20.1. The molecule has 0 atom stereocenters. The lowest BCUT2D eigenvalue weighted by molar-refractivity contribution is 0.461. The van der Waals surface area contributed by atoms with Crippen molar-refractivity contribution < 1.29 is 11.4 Å². The minimum Gasteiger partial charge on any atom is -0.649 e. The summed E-state index contributed by atoms with van der Waals surface area (Å²) >= 11 is 0.808. The van der Waals surface area contributed by atoms with Crippen molar-refractivity contribution in [3.8, 4) is 107 Å². The molecule has 0 unspecified atom stereocenters. The van der Waals surface area contributed by atoms with Gasteiger partial charge < -0.3 is 25.4 Å². The largest absolute Gasteiger partial charge is 0.881 e. The first-order valence-electron chi connectivity index (χ1n) is 46.6. The predicted molar refractivity (Wildman–Crippen MR) is 574 cm³/mol. The fraction of sp³-hybridized carbons (Fsp3) is 0.0238. The van der Waals surface area contributed by atoms with E-state index < -0.39 is 21.3 Å². The van der Waals surface area contributed by atoms with Crippen molar-refractivity contribution in [2.45, 2.75) is 19.3 Å². The van der Waals surface area contributed by atoms with Gasteiger partial charge in [0.15, 0.2) is 17.5 Å². The summed E-state index contributed by atoms with van der Waals surface area (Å²) in [6.07, 6.45) is 0. The van der Waals surface area contributed by atoms with Crippen LogP contribution in [-0.2, 0) is 5.41 Å². The summed E-state index contributed by atoms with van der Waals surface area (Å²) in [5, 5.41) is 7.19. The molecule has 0 N–H and O–H groups in total. The van der Waals surface area contributed by atoms with Crippen LogP contribution in [0.25, 0.3) is 155 Å². The van der Waals surface area contributed by atoms with Gasteiger partial charge in [-0.2, -0.15) is 0 Å². The second kappa shape index (κ2) is 39.4. The van der Waals surface area contributed by atoms with Gasteiger partial charge in [0.2, 0.25) is 0 Å². The number of anilines is 3. The first-order valence-corrected chi connectivity index (χ1v) is 48.1. The lowest BCUT2D eigenvalue weighted by Gasteiger charge is -2.35. The molecule has 0 aliphatic heterocycles. The van der Waals surface area contributed by atoms with E-state index in [9.17, 15) is 0 Å². The molecule has 0 spiro atoms. The molecule has 1 aliphatic carbocycles. The molecule has 19 aromatic carbocycles. The second-order valence-corrected chi connectivity index (χ2v) is 35.3. The van der Waals surface area contributed by atoms with Crippen molar-refractivity contribution in [1.29, 1.82) is 0 Å². The van der Waals surface area contributed by atoms with Crippen LogP contribution in [0.2, 0.25) is 0 Å². The van der Waals surface area contributed by atoms with Crippen LogP contribution in [0.1, 0.15) is 33.6 Å². The number of aromatic nitrogens is 7. The molecule has 5 aromatic heterocycles. The highest BCUT2D eigenvalue weighted by molar-refractivity contribution is 6.21. The summed E-state index contributed by atoms with van der Waals surface area (Å²) in [4.78, 5) is 25.9. The van der Waals surface area contributed by atoms with Gasteiger partial charge in [0.25, 0.3) is 0 Å². The first-order chi connectivity index (χ1) is 68.7. The average molecular weight is 1820 g/mol. The number of nitrogens with zero attached hydrogens (tertiary/aromatic N) is 8. The molecule has 13 heteroatoms. The van der Waals surface area contributed by atoms with Crippen molar-refractivity contribution in [3.63, 3.8) is 0 Å². The number of aryl methyl sites for hydroxylation is 2. The smallest absolute Gasteiger partial charge is 0.649 e. The molecule has 0 amide bonds. The quantitative estimate of drug-likeness (QED) is 0.0777. The van der Waals surface area contributed by atoms with Gasteiger partial charge in [-0.05, 0) is 220 Å². The SMILES string of the molecule is Cc1ccc2cccc([O][AlH])c2n1.Cc1ccc2cccc([O][Al][O]c3ccc(-c4ccccc4)cc3)c2n1.c1ccc(-c2ccc(N(c3ccc(-c4ccc5c(c4)c4ccccc4n5-c4ccccc4)cc3)c3ccc4c(c3)C(c3ccccc3)(c3ccccc3)c3ccccc3-4)cc2)cc1.c1ccc(-c2nc(-c3ccccc3)nc(-c3ccc(-n4c5ccccc5c5ccccc54)cc3)n2)cc1. The summed E-state index contributed by atoms with van der Waals surface area (Å²) in [6, 6.07) is 177. The number of fused-ring (bicyclic) bond motifs is 11. The molecule has 25 rings (SSSR count). The number of pyridine rings is 2. The van der Waals surface area contributed by atoms with Gasteiger partial charge in [0, 0.05) is 88.8 Å². The molecular formula is C126H90Al2N8O3.